The zero-order valence-corrected chi connectivity index (χ0v) is 32.6. The van der Waals surface area contributed by atoms with E-state index in [-0.39, 0.29) is 24.6 Å². The summed E-state index contributed by atoms with van der Waals surface area (Å²) in [5, 5.41) is 44.1. The summed E-state index contributed by atoms with van der Waals surface area (Å²) in [4.78, 5) is 34.4. The Hall–Kier alpha value is -5.20. The number of hydrogen-bond donors (Lipinski definition) is 7. The van der Waals surface area contributed by atoms with E-state index in [0.717, 1.165) is 52.7 Å². The molecule has 9 N–H and O–H groups in total. The number of ether oxygens (including phenoxy) is 3. The Bertz CT molecular complexity index is 2230. The summed E-state index contributed by atoms with van der Waals surface area (Å²) in [7, 11) is 5.53. The Morgan fingerprint density at radius 3 is 2.33 bits per heavy atom. The number of unbranched alkanes of at least 4 members (excludes halogenated alkanes) is 1. The van der Waals surface area contributed by atoms with Gasteiger partial charge in [-0.25, -0.2) is 14.8 Å². The average Bonchev–Trinajstić information content (AvgIpc) is 3.54. The maximum absolute atomic E-state index is 12.6. The summed E-state index contributed by atoms with van der Waals surface area (Å²) in [6.45, 7) is 4.07. The average molecular weight is 787 g/mol. The van der Waals surface area contributed by atoms with E-state index in [1.807, 2.05) is 12.1 Å². The first-order valence-corrected chi connectivity index (χ1v) is 19.0. The van der Waals surface area contributed by atoms with Gasteiger partial charge in [-0.15, -0.1) is 0 Å². The number of carbonyl (C=O) groups excluding carboxylic acids is 2. The second-order valence-electron chi connectivity index (χ2n) is 15.1. The summed E-state index contributed by atoms with van der Waals surface area (Å²) in [5.74, 6) is 0.548. The van der Waals surface area contributed by atoms with Crippen molar-refractivity contribution in [1.82, 2.24) is 14.5 Å². The van der Waals surface area contributed by atoms with Crippen LogP contribution in [0.15, 0.2) is 60.7 Å². The zero-order chi connectivity index (χ0) is 41.0. The van der Waals surface area contributed by atoms with Crippen LogP contribution in [0.2, 0.25) is 0 Å². The quantitative estimate of drug-likeness (QED) is 0.0598. The highest BCUT2D eigenvalue weighted by molar-refractivity contribution is 6.08. The topological polar surface area (TPSA) is 238 Å². The second-order valence-corrected chi connectivity index (χ2v) is 15.1. The molecule has 57 heavy (non-hydrogen) atoms. The number of nitrogens with one attached hydrogen (secondary N) is 1. The van der Waals surface area contributed by atoms with Gasteiger partial charge in [0.2, 0.25) is 12.2 Å². The normalized spacial score (nSPS) is 19.8. The minimum atomic E-state index is -1.79. The number of nitrogens with zero attached hydrogens (tertiary/aromatic N) is 4. The minimum Gasteiger partial charge on any atom is -0.465 e. The van der Waals surface area contributed by atoms with E-state index in [1.165, 1.54) is 7.11 Å². The molecule has 304 valence electrons. The van der Waals surface area contributed by atoms with Gasteiger partial charge in [0.25, 0.3) is 0 Å². The molecule has 1 saturated heterocycles. The Kier molecular flexibility index (Phi) is 12.7. The molecule has 2 aromatic heterocycles. The SMILES string of the molecule is CCCCc1nc2c(N)nc3cc(C(=O)OC)ccc3c2n1Cc1ccc(C[N+](C)(C)Cc2ccc(O[C@H]3O[C@H](O)[C@@H](O)[C@H](O)[C@@H]3O)c(NC(=O)CCN)c2)cc1. The lowest BCUT2D eigenvalue weighted by molar-refractivity contribution is -0.916. The van der Waals surface area contributed by atoms with Crippen LogP contribution in [0.4, 0.5) is 11.5 Å². The number of methoxy groups -OCH3 is 1. The number of nitrogen functional groups attached to an aromatic ring is 1. The van der Waals surface area contributed by atoms with E-state index < -0.39 is 36.9 Å². The summed E-state index contributed by atoms with van der Waals surface area (Å²) in [6.07, 6.45) is -5.60. The number of quaternary nitrogens is 1. The van der Waals surface area contributed by atoms with Crippen molar-refractivity contribution in [3.05, 3.63) is 88.7 Å². The molecule has 0 radical (unpaired) electrons. The highest BCUT2D eigenvalue weighted by Crippen LogP contribution is 2.33. The van der Waals surface area contributed by atoms with E-state index in [9.17, 15) is 30.0 Å². The van der Waals surface area contributed by atoms with Crippen molar-refractivity contribution in [3.63, 3.8) is 0 Å². The molecule has 3 aromatic carbocycles. The van der Waals surface area contributed by atoms with Crippen molar-refractivity contribution < 1.29 is 48.7 Å². The number of aliphatic hydroxyl groups is 4. The van der Waals surface area contributed by atoms with Gasteiger partial charge in [-0.3, -0.25) is 4.79 Å². The van der Waals surface area contributed by atoms with Crippen LogP contribution in [0.25, 0.3) is 21.9 Å². The summed E-state index contributed by atoms with van der Waals surface area (Å²) in [6, 6.07) is 18.9. The number of imidazole rings is 1. The van der Waals surface area contributed by atoms with Crippen molar-refractivity contribution in [2.24, 2.45) is 5.73 Å². The van der Waals surface area contributed by atoms with E-state index in [2.05, 4.69) is 60.2 Å². The maximum Gasteiger partial charge on any atom is 0.337 e. The number of aliphatic hydroxyl groups excluding tert-OH is 4. The van der Waals surface area contributed by atoms with Gasteiger partial charge in [-0.2, -0.15) is 0 Å². The van der Waals surface area contributed by atoms with Crippen molar-refractivity contribution in [2.75, 3.05) is 38.8 Å². The summed E-state index contributed by atoms with van der Waals surface area (Å²) >= 11 is 0. The van der Waals surface area contributed by atoms with Gasteiger partial charge in [0.05, 0.1) is 43.5 Å². The number of esters is 1. The van der Waals surface area contributed by atoms with Gasteiger partial charge in [-0.1, -0.05) is 37.6 Å². The molecular weight excluding hydrogens is 734 g/mol. The van der Waals surface area contributed by atoms with Gasteiger partial charge >= 0.3 is 5.97 Å². The molecule has 16 nitrogen and oxygen atoms in total. The number of rotatable bonds is 15. The first-order chi connectivity index (χ1) is 27.2. The molecule has 1 aliphatic rings. The number of carbonyl (C=O) groups is 2. The van der Waals surface area contributed by atoms with Crippen molar-refractivity contribution in [1.29, 1.82) is 0 Å². The lowest BCUT2D eigenvalue weighted by Gasteiger charge is -2.38. The van der Waals surface area contributed by atoms with Gasteiger partial charge in [0.15, 0.2) is 12.1 Å². The van der Waals surface area contributed by atoms with Crippen LogP contribution in [0, 0.1) is 0 Å². The number of amides is 1. The third kappa shape index (κ3) is 9.34. The fourth-order valence-corrected chi connectivity index (χ4v) is 7.15. The number of nitrogens with two attached hydrogens (primary N) is 2. The molecule has 0 bridgehead atoms. The van der Waals surface area contributed by atoms with Crippen LogP contribution in [0.3, 0.4) is 0 Å². The molecule has 1 aliphatic heterocycles. The Morgan fingerprint density at radius 2 is 1.63 bits per heavy atom. The number of hydrogen-bond acceptors (Lipinski definition) is 13. The third-order valence-corrected chi connectivity index (χ3v) is 10.0. The van der Waals surface area contributed by atoms with Gasteiger partial charge in [0.1, 0.15) is 48.5 Å². The first-order valence-electron chi connectivity index (χ1n) is 19.0. The fraction of sp³-hybridized carbons (Fsp3) is 0.415. The molecule has 5 aromatic rings. The second kappa shape index (κ2) is 17.5. The van der Waals surface area contributed by atoms with Crippen molar-refractivity contribution >= 4 is 45.3 Å². The maximum atomic E-state index is 12.6. The Labute approximate surface area is 330 Å². The first kappa shape index (κ1) is 41.4. The number of anilines is 2. The molecule has 0 spiro atoms. The smallest absolute Gasteiger partial charge is 0.337 e. The minimum absolute atomic E-state index is 0.0598. The monoisotopic (exact) mass is 786 g/mol. The largest absolute Gasteiger partial charge is 0.465 e. The number of aryl methyl sites for hydroxylation is 1. The van der Waals surface area contributed by atoms with Gasteiger partial charge < -0.3 is 60.5 Å². The predicted molar refractivity (Wildman–Crippen MR) is 213 cm³/mol. The molecule has 3 heterocycles. The van der Waals surface area contributed by atoms with Gasteiger partial charge in [0, 0.05) is 42.4 Å². The third-order valence-electron chi connectivity index (χ3n) is 10.0. The molecule has 1 amide bonds. The Morgan fingerprint density at radius 1 is 0.930 bits per heavy atom. The van der Waals surface area contributed by atoms with E-state index in [1.54, 1.807) is 24.3 Å². The predicted octanol–water partition coefficient (Wildman–Crippen LogP) is 2.54. The molecule has 0 saturated carbocycles. The van der Waals surface area contributed by atoms with Crippen molar-refractivity contribution in [2.45, 2.75) is 83.1 Å². The summed E-state index contributed by atoms with van der Waals surface area (Å²) in [5.41, 5.74) is 17.9. The molecule has 16 heteroatoms. The molecule has 0 aliphatic carbocycles. The Balaban J connectivity index is 1.21. The zero-order valence-electron chi connectivity index (χ0n) is 32.6. The molecule has 0 unspecified atom stereocenters. The fourth-order valence-electron chi connectivity index (χ4n) is 7.15. The van der Waals surface area contributed by atoms with Crippen LogP contribution < -0.4 is 21.5 Å². The van der Waals surface area contributed by atoms with Crippen LogP contribution in [0.1, 0.15) is 59.1 Å². The van der Waals surface area contributed by atoms with Crippen LogP contribution >= 0.6 is 0 Å². The molecule has 1 fully saturated rings. The number of fused-ring (bicyclic) bond motifs is 3. The number of pyridine rings is 1. The highest BCUT2D eigenvalue weighted by atomic mass is 16.7. The standard InChI is InChI=1S/C41H51N7O9/c1-5-6-7-31-46-33-34(27-14-13-26(39(53)55-4)19-28(27)45-38(33)43)47(31)20-23-8-10-24(11-9-23)21-48(2,3)22-25-12-15-30(29(18-25)44-32(49)16-17-42)56-41-37(52)35(50)36(51)40(54)57-41/h8-15,18-19,35-37,40-41,50-52,54H,5-7,16-17,20-22,42H2,1-4H3,(H2-,43,44,45,49)/p+1/t35-,36-,37-,40-,41-/m0/s1. The lowest BCUT2D eigenvalue weighted by Crippen LogP contribution is -2.59. The van der Waals surface area contributed by atoms with Crippen LogP contribution in [-0.2, 0) is 40.3 Å². The van der Waals surface area contributed by atoms with E-state index in [4.69, 9.17) is 30.7 Å². The van der Waals surface area contributed by atoms with E-state index >= 15 is 0 Å². The van der Waals surface area contributed by atoms with Crippen LogP contribution in [0.5, 0.6) is 5.75 Å². The van der Waals surface area contributed by atoms with Crippen molar-refractivity contribution in [3.8, 4) is 5.75 Å². The number of aromatic nitrogens is 3. The number of benzene rings is 3. The molecule has 6 rings (SSSR count). The van der Waals surface area contributed by atoms with E-state index in [0.29, 0.717) is 52.2 Å². The van der Waals surface area contributed by atoms with Gasteiger partial charge in [-0.05, 0) is 48.4 Å². The highest BCUT2D eigenvalue weighted by Gasteiger charge is 2.44. The lowest BCUT2D eigenvalue weighted by atomic mass is 10.0. The van der Waals surface area contributed by atoms with Crippen LogP contribution in [-0.4, -0.2) is 110 Å². The summed E-state index contributed by atoms with van der Waals surface area (Å²) < 4.78 is 18.7. The molecular formula is C41H52N7O9+. The molecule has 5 atom stereocenters.